The summed E-state index contributed by atoms with van der Waals surface area (Å²) in [5, 5.41) is 19.4. The summed E-state index contributed by atoms with van der Waals surface area (Å²) in [6.07, 6.45) is 1.06. The minimum Gasteiger partial charge on any atom is -0.488 e. The van der Waals surface area contributed by atoms with Crippen LogP contribution in [0.25, 0.3) is 0 Å². The number of allylic oxidation sites excluding steroid dienone is 1. The first-order valence-corrected chi connectivity index (χ1v) is 5.01. The van der Waals surface area contributed by atoms with Crippen LogP contribution in [0.15, 0.2) is 23.9 Å². The highest BCUT2D eigenvalue weighted by atomic mass is 19.1. The zero-order valence-electron chi connectivity index (χ0n) is 9.50. The molecule has 0 saturated carbocycles. The van der Waals surface area contributed by atoms with Gasteiger partial charge in [-0.05, 0) is 6.92 Å². The molecule has 0 unspecified atom stereocenters. The number of hydrogen-bond acceptors (Lipinski definition) is 4. The van der Waals surface area contributed by atoms with Crippen LogP contribution < -0.4 is 10.1 Å². The number of ether oxygens (including phenoxy) is 1. The van der Waals surface area contributed by atoms with Crippen molar-refractivity contribution in [3.63, 3.8) is 0 Å². The lowest BCUT2D eigenvalue weighted by molar-refractivity contribution is 0.303. The normalized spacial score (nSPS) is 8.94. The molecule has 0 saturated heterocycles. The summed E-state index contributed by atoms with van der Waals surface area (Å²) in [7, 11) is 0. The SMILES string of the molecule is CCOc1c(F)cc(NC=C(C#N)C#N)cc1F. The molecule has 1 aromatic rings. The van der Waals surface area contributed by atoms with E-state index in [2.05, 4.69) is 5.32 Å². The van der Waals surface area contributed by atoms with Crippen molar-refractivity contribution in [2.45, 2.75) is 6.92 Å². The van der Waals surface area contributed by atoms with Gasteiger partial charge < -0.3 is 10.1 Å². The number of rotatable bonds is 4. The third kappa shape index (κ3) is 3.19. The Balaban J connectivity index is 2.98. The Hall–Kier alpha value is -2.60. The summed E-state index contributed by atoms with van der Waals surface area (Å²) < 4.78 is 31.7. The summed E-state index contributed by atoms with van der Waals surface area (Å²) in [6, 6.07) is 5.24. The molecule has 1 rings (SSSR count). The molecule has 0 aliphatic rings. The van der Waals surface area contributed by atoms with Crippen molar-refractivity contribution in [2.75, 3.05) is 11.9 Å². The lowest BCUT2D eigenvalue weighted by atomic mass is 10.2. The maximum Gasteiger partial charge on any atom is 0.190 e. The van der Waals surface area contributed by atoms with Crippen molar-refractivity contribution >= 4 is 5.69 Å². The summed E-state index contributed by atoms with van der Waals surface area (Å²) in [5.74, 6) is -2.17. The van der Waals surface area contributed by atoms with Gasteiger partial charge in [-0.15, -0.1) is 0 Å². The second kappa shape index (κ2) is 6.21. The fraction of sp³-hybridized carbons (Fsp3) is 0.167. The number of benzene rings is 1. The molecule has 0 atom stereocenters. The molecular formula is C12H9F2N3O. The van der Waals surface area contributed by atoms with Crippen molar-refractivity contribution in [3.8, 4) is 17.9 Å². The molecule has 0 amide bonds. The highest BCUT2D eigenvalue weighted by Crippen LogP contribution is 2.25. The molecule has 92 valence electrons. The average Bonchev–Trinajstić information content (AvgIpc) is 2.35. The fourth-order valence-electron chi connectivity index (χ4n) is 1.17. The van der Waals surface area contributed by atoms with E-state index in [9.17, 15) is 8.78 Å². The van der Waals surface area contributed by atoms with E-state index in [-0.39, 0.29) is 17.9 Å². The van der Waals surface area contributed by atoms with Gasteiger partial charge >= 0.3 is 0 Å². The van der Waals surface area contributed by atoms with Gasteiger partial charge in [0.25, 0.3) is 0 Å². The van der Waals surface area contributed by atoms with Crippen molar-refractivity contribution < 1.29 is 13.5 Å². The predicted octanol–water partition coefficient (Wildman–Crippen LogP) is 2.71. The molecule has 0 spiro atoms. The molecule has 18 heavy (non-hydrogen) atoms. The van der Waals surface area contributed by atoms with Crippen LogP contribution in [0, 0.1) is 34.3 Å². The predicted molar refractivity (Wildman–Crippen MR) is 60.5 cm³/mol. The zero-order chi connectivity index (χ0) is 13.5. The first-order chi connectivity index (χ1) is 8.62. The number of anilines is 1. The largest absolute Gasteiger partial charge is 0.488 e. The standard InChI is InChI=1S/C12H9F2N3O/c1-2-18-12-10(13)3-9(4-11(12)14)17-7-8(5-15)6-16/h3-4,7,17H,2H2,1H3. The van der Waals surface area contributed by atoms with Crippen LogP contribution in [0.3, 0.4) is 0 Å². The summed E-state index contributed by atoms with van der Waals surface area (Å²) >= 11 is 0. The number of hydrogen-bond donors (Lipinski definition) is 1. The van der Waals surface area contributed by atoms with Gasteiger partial charge in [0.15, 0.2) is 17.4 Å². The Labute approximate surface area is 103 Å². The van der Waals surface area contributed by atoms with Gasteiger partial charge in [0.2, 0.25) is 0 Å². The zero-order valence-corrected chi connectivity index (χ0v) is 9.50. The Kier molecular flexibility index (Phi) is 4.65. The first kappa shape index (κ1) is 13.5. The van der Waals surface area contributed by atoms with E-state index in [1.807, 2.05) is 0 Å². The lowest BCUT2D eigenvalue weighted by Crippen LogP contribution is -2.00. The summed E-state index contributed by atoms with van der Waals surface area (Å²) in [4.78, 5) is 0. The Morgan fingerprint density at radius 3 is 2.33 bits per heavy atom. The van der Waals surface area contributed by atoms with Crippen molar-refractivity contribution in [1.82, 2.24) is 0 Å². The number of nitrogens with zero attached hydrogens (tertiary/aromatic N) is 2. The van der Waals surface area contributed by atoms with Crippen LogP contribution in [-0.4, -0.2) is 6.61 Å². The minimum absolute atomic E-state index is 0.0800. The molecule has 0 bridgehead atoms. The van der Waals surface area contributed by atoms with Gasteiger partial charge in [0, 0.05) is 24.0 Å². The first-order valence-electron chi connectivity index (χ1n) is 5.01. The van der Waals surface area contributed by atoms with Crippen LogP contribution in [-0.2, 0) is 0 Å². The van der Waals surface area contributed by atoms with E-state index in [1.165, 1.54) is 0 Å². The molecule has 1 N–H and O–H groups in total. The lowest BCUT2D eigenvalue weighted by Gasteiger charge is -2.08. The van der Waals surface area contributed by atoms with Crippen molar-refractivity contribution in [3.05, 3.63) is 35.5 Å². The topological polar surface area (TPSA) is 68.8 Å². The van der Waals surface area contributed by atoms with Gasteiger partial charge in [0.05, 0.1) is 6.61 Å². The Bertz CT molecular complexity index is 516. The van der Waals surface area contributed by atoms with E-state index < -0.39 is 17.4 Å². The fourth-order valence-corrected chi connectivity index (χ4v) is 1.17. The van der Waals surface area contributed by atoms with E-state index in [0.717, 1.165) is 18.3 Å². The number of nitriles is 2. The van der Waals surface area contributed by atoms with Crippen LogP contribution >= 0.6 is 0 Å². The third-order valence-electron chi connectivity index (χ3n) is 1.91. The molecule has 0 heterocycles. The van der Waals surface area contributed by atoms with Gasteiger partial charge in [-0.1, -0.05) is 0 Å². The highest BCUT2D eigenvalue weighted by molar-refractivity contribution is 5.52. The van der Waals surface area contributed by atoms with E-state index in [0.29, 0.717) is 0 Å². The highest BCUT2D eigenvalue weighted by Gasteiger charge is 2.11. The second-order valence-corrected chi connectivity index (χ2v) is 3.13. The molecule has 4 nitrogen and oxygen atoms in total. The Morgan fingerprint density at radius 1 is 1.33 bits per heavy atom. The third-order valence-corrected chi connectivity index (χ3v) is 1.91. The van der Waals surface area contributed by atoms with Crippen LogP contribution in [0.4, 0.5) is 14.5 Å². The van der Waals surface area contributed by atoms with E-state index in [1.54, 1.807) is 19.1 Å². The van der Waals surface area contributed by atoms with E-state index in [4.69, 9.17) is 15.3 Å². The Morgan fingerprint density at radius 2 is 1.89 bits per heavy atom. The van der Waals surface area contributed by atoms with Crippen LogP contribution in [0.2, 0.25) is 0 Å². The monoisotopic (exact) mass is 249 g/mol. The van der Waals surface area contributed by atoms with Crippen LogP contribution in [0.1, 0.15) is 6.92 Å². The quantitative estimate of drug-likeness (QED) is 0.833. The van der Waals surface area contributed by atoms with Crippen molar-refractivity contribution in [2.24, 2.45) is 0 Å². The molecule has 0 radical (unpaired) electrons. The molecule has 1 aromatic carbocycles. The maximum atomic E-state index is 13.4. The number of nitrogens with one attached hydrogen (secondary N) is 1. The molecule has 0 fully saturated rings. The van der Waals surface area contributed by atoms with Gasteiger partial charge in [-0.25, -0.2) is 8.78 Å². The molecule has 0 aliphatic heterocycles. The van der Waals surface area contributed by atoms with Crippen LogP contribution in [0.5, 0.6) is 5.75 Å². The summed E-state index contributed by atoms with van der Waals surface area (Å²) in [6.45, 7) is 1.76. The molecule has 0 aliphatic carbocycles. The molecule has 0 aromatic heterocycles. The summed E-state index contributed by atoms with van der Waals surface area (Å²) in [5.41, 5.74) is -0.124. The maximum absolute atomic E-state index is 13.4. The van der Waals surface area contributed by atoms with Gasteiger partial charge in [-0.3, -0.25) is 0 Å². The minimum atomic E-state index is -0.858. The molecule has 6 heteroatoms. The van der Waals surface area contributed by atoms with Crippen molar-refractivity contribution in [1.29, 1.82) is 10.5 Å². The van der Waals surface area contributed by atoms with Gasteiger partial charge in [0.1, 0.15) is 17.7 Å². The second-order valence-electron chi connectivity index (χ2n) is 3.13. The number of halogens is 2. The average molecular weight is 249 g/mol. The smallest absolute Gasteiger partial charge is 0.190 e. The van der Waals surface area contributed by atoms with Gasteiger partial charge in [-0.2, -0.15) is 10.5 Å². The molecular weight excluding hydrogens is 240 g/mol. The van der Waals surface area contributed by atoms with E-state index >= 15 is 0 Å².